The molecule has 0 amide bonds. The minimum atomic E-state index is -0.374. The Labute approximate surface area is 164 Å². The summed E-state index contributed by atoms with van der Waals surface area (Å²) in [6, 6.07) is 8.03. The molecule has 0 saturated carbocycles. The van der Waals surface area contributed by atoms with E-state index in [-0.39, 0.29) is 16.6 Å². The van der Waals surface area contributed by atoms with Gasteiger partial charge >= 0.3 is 5.97 Å². The number of carbonyl (C=O) groups excluding carboxylic acids is 1. The van der Waals surface area contributed by atoms with E-state index in [0.29, 0.717) is 6.61 Å². The van der Waals surface area contributed by atoms with Gasteiger partial charge < -0.3 is 4.74 Å². The van der Waals surface area contributed by atoms with E-state index in [4.69, 9.17) is 4.74 Å². The van der Waals surface area contributed by atoms with Gasteiger partial charge in [0.25, 0.3) is 0 Å². The van der Waals surface area contributed by atoms with Crippen LogP contribution in [-0.2, 0) is 9.53 Å². The first kappa shape index (κ1) is 20.7. The van der Waals surface area contributed by atoms with E-state index in [1.165, 1.54) is 17.3 Å². The minimum absolute atomic E-state index is 0.198. The number of nitrogens with zero attached hydrogens (tertiary/aromatic N) is 1. The normalized spacial score (nSPS) is 14.5. The van der Waals surface area contributed by atoms with Crippen LogP contribution in [0.25, 0.3) is 10.2 Å². The maximum Gasteiger partial charge on any atom is 0.320 e. The van der Waals surface area contributed by atoms with Gasteiger partial charge in [0.15, 0.2) is 4.34 Å². The summed E-state index contributed by atoms with van der Waals surface area (Å²) in [5.74, 6) is -0.198. The molecule has 0 saturated heterocycles. The third-order valence-corrected chi connectivity index (χ3v) is 6.92. The molecule has 2 atom stereocenters. The highest BCUT2D eigenvalue weighted by atomic mass is 32.2. The third kappa shape index (κ3) is 5.21. The van der Waals surface area contributed by atoms with Crippen LogP contribution in [-0.4, -0.2) is 22.8 Å². The van der Waals surface area contributed by atoms with E-state index in [1.54, 1.807) is 11.3 Å². The van der Waals surface area contributed by atoms with Crippen molar-refractivity contribution in [3.05, 3.63) is 48.6 Å². The van der Waals surface area contributed by atoms with Crippen molar-refractivity contribution in [3.8, 4) is 0 Å². The van der Waals surface area contributed by atoms with E-state index in [9.17, 15) is 4.79 Å². The number of para-hydroxylation sites is 1. The minimum Gasteiger partial charge on any atom is -0.465 e. The van der Waals surface area contributed by atoms with Gasteiger partial charge in [-0.2, -0.15) is 0 Å². The highest BCUT2D eigenvalue weighted by Crippen LogP contribution is 2.43. The zero-order valence-corrected chi connectivity index (χ0v) is 17.6. The number of allylic oxidation sites excluding steroid dienone is 3. The Morgan fingerprint density at radius 2 is 2.15 bits per heavy atom. The molecule has 1 aromatic heterocycles. The first-order valence-electron chi connectivity index (χ1n) is 8.85. The predicted octanol–water partition coefficient (Wildman–Crippen LogP) is 6.26. The van der Waals surface area contributed by atoms with Gasteiger partial charge in [0.2, 0.25) is 0 Å². The molecule has 0 aliphatic rings. The molecular formula is C21H27NO2S2. The van der Waals surface area contributed by atoms with Crippen LogP contribution in [0.15, 0.2) is 52.9 Å². The first-order chi connectivity index (χ1) is 12.4. The van der Waals surface area contributed by atoms with Gasteiger partial charge in [-0.25, -0.2) is 4.98 Å². The smallest absolute Gasteiger partial charge is 0.320 e. The molecule has 3 nitrogen and oxygen atoms in total. The van der Waals surface area contributed by atoms with Crippen LogP contribution in [0.5, 0.6) is 0 Å². The number of thiazole rings is 1. The average molecular weight is 390 g/mol. The molecule has 0 fully saturated rings. The van der Waals surface area contributed by atoms with E-state index in [1.807, 2.05) is 31.2 Å². The average Bonchev–Trinajstić information content (AvgIpc) is 3.02. The monoisotopic (exact) mass is 389 g/mol. The molecule has 2 rings (SSSR count). The van der Waals surface area contributed by atoms with Crippen molar-refractivity contribution in [2.45, 2.75) is 50.1 Å². The fraction of sp³-hybridized carbons (Fsp3) is 0.429. The van der Waals surface area contributed by atoms with Crippen molar-refractivity contribution in [1.29, 1.82) is 0 Å². The van der Waals surface area contributed by atoms with Gasteiger partial charge in [0, 0.05) is 5.41 Å². The largest absolute Gasteiger partial charge is 0.465 e. The summed E-state index contributed by atoms with van der Waals surface area (Å²) in [6.45, 7) is 12.5. The van der Waals surface area contributed by atoms with Crippen LogP contribution in [0.2, 0.25) is 0 Å². The molecule has 140 valence electrons. The number of fused-ring (bicyclic) bond motifs is 1. The Balaban J connectivity index is 2.29. The number of thioether (sulfide) groups is 1. The lowest BCUT2D eigenvalue weighted by Crippen LogP contribution is -2.36. The molecule has 0 radical (unpaired) electrons. The number of rotatable bonds is 9. The lowest BCUT2D eigenvalue weighted by molar-refractivity contribution is -0.144. The fourth-order valence-electron chi connectivity index (χ4n) is 2.68. The summed E-state index contributed by atoms with van der Waals surface area (Å²) >= 11 is 3.11. The number of aromatic nitrogens is 1. The summed E-state index contributed by atoms with van der Waals surface area (Å²) in [6.07, 6.45) is 5.84. The number of benzene rings is 1. The molecular weight excluding hydrogens is 362 g/mol. The number of hydrogen-bond acceptors (Lipinski definition) is 5. The zero-order valence-electron chi connectivity index (χ0n) is 16.0. The van der Waals surface area contributed by atoms with E-state index < -0.39 is 0 Å². The summed E-state index contributed by atoms with van der Waals surface area (Å²) in [7, 11) is 0. The molecule has 0 bridgehead atoms. The second kappa shape index (κ2) is 9.38. The maximum absolute atomic E-state index is 12.7. The van der Waals surface area contributed by atoms with E-state index in [2.05, 4.69) is 44.5 Å². The standard InChI is InChI=1S/C21H27NO2S2/c1-6-21(5,14-10-11-15(3)4)18(19(23)24-7-2)26-20-22-16-12-8-9-13-17(16)25-20/h6,8-9,11-13,18H,1,7,10,14H2,2-5H3. The fourth-order valence-corrected chi connectivity index (χ4v) is 5.13. The topological polar surface area (TPSA) is 39.2 Å². The van der Waals surface area contributed by atoms with Gasteiger partial charge in [-0.05, 0) is 45.7 Å². The van der Waals surface area contributed by atoms with E-state index >= 15 is 0 Å². The number of hydrogen-bond donors (Lipinski definition) is 0. The molecule has 0 aliphatic heterocycles. The van der Waals surface area contributed by atoms with Crippen molar-refractivity contribution in [2.75, 3.05) is 6.61 Å². The van der Waals surface area contributed by atoms with Crippen LogP contribution in [0.3, 0.4) is 0 Å². The van der Waals surface area contributed by atoms with Crippen molar-refractivity contribution >= 4 is 39.3 Å². The highest BCUT2D eigenvalue weighted by Gasteiger charge is 2.39. The number of ether oxygens (including phenoxy) is 1. The number of esters is 1. The second-order valence-electron chi connectivity index (χ2n) is 6.73. The maximum atomic E-state index is 12.7. The van der Waals surface area contributed by atoms with Gasteiger partial charge in [-0.1, -0.05) is 48.5 Å². The third-order valence-electron chi connectivity index (χ3n) is 4.29. The van der Waals surface area contributed by atoms with Crippen molar-refractivity contribution < 1.29 is 9.53 Å². The molecule has 0 N–H and O–H groups in total. The summed E-state index contributed by atoms with van der Waals surface area (Å²) < 4.78 is 7.40. The predicted molar refractivity (Wildman–Crippen MR) is 113 cm³/mol. The van der Waals surface area contributed by atoms with Gasteiger partial charge in [-0.15, -0.1) is 17.9 Å². The van der Waals surface area contributed by atoms with E-state index in [0.717, 1.165) is 27.4 Å². The van der Waals surface area contributed by atoms with Crippen LogP contribution >= 0.6 is 23.1 Å². The quantitative estimate of drug-likeness (QED) is 0.288. The Morgan fingerprint density at radius 1 is 1.42 bits per heavy atom. The SMILES string of the molecule is C=CC(C)(CCC=C(C)C)C(Sc1nc2ccccc2s1)C(=O)OCC. The summed E-state index contributed by atoms with van der Waals surface area (Å²) in [5.41, 5.74) is 1.87. The van der Waals surface area contributed by atoms with Gasteiger partial charge in [-0.3, -0.25) is 4.79 Å². The lowest BCUT2D eigenvalue weighted by Gasteiger charge is -2.32. The molecule has 0 aliphatic carbocycles. The number of carbonyl (C=O) groups is 1. The molecule has 26 heavy (non-hydrogen) atoms. The molecule has 2 unspecified atom stereocenters. The van der Waals surface area contributed by atoms with Crippen LogP contribution < -0.4 is 0 Å². The molecule has 1 heterocycles. The van der Waals surface area contributed by atoms with Gasteiger partial charge in [0.05, 0.1) is 16.8 Å². The molecule has 2 aromatic rings. The lowest BCUT2D eigenvalue weighted by atomic mass is 9.81. The Bertz CT molecular complexity index is 759. The van der Waals surface area contributed by atoms with Crippen LogP contribution in [0.4, 0.5) is 0 Å². The van der Waals surface area contributed by atoms with Crippen molar-refractivity contribution in [2.24, 2.45) is 5.41 Å². The van der Waals surface area contributed by atoms with Crippen LogP contribution in [0, 0.1) is 5.41 Å². The van der Waals surface area contributed by atoms with Crippen molar-refractivity contribution in [1.82, 2.24) is 4.98 Å². The Morgan fingerprint density at radius 3 is 2.77 bits per heavy atom. The van der Waals surface area contributed by atoms with Crippen LogP contribution in [0.1, 0.15) is 40.5 Å². The second-order valence-corrected chi connectivity index (χ2v) is 9.11. The molecule has 5 heteroatoms. The van der Waals surface area contributed by atoms with Gasteiger partial charge in [0.1, 0.15) is 5.25 Å². The Kier molecular flexibility index (Phi) is 7.47. The summed E-state index contributed by atoms with van der Waals surface area (Å²) in [5, 5.41) is -0.369. The summed E-state index contributed by atoms with van der Waals surface area (Å²) in [4.78, 5) is 17.4. The first-order valence-corrected chi connectivity index (χ1v) is 10.5. The Hall–Kier alpha value is -1.59. The molecule has 0 spiro atoms. The highest BCUT2D eigenvalue weighted by molar-refractivity contribution is 8.02. The molecule has 1 aromatic carbocycles. The zero-order chi connectivity index (χ0) is 19.2. The van der Waals surface area contributed by atoms with Crippen molar-refractivity contribution in [3.63, 3.8) is 0 Å².